The summed E-state index contributed by atoms with van der Waals surface area (Å²) in [5, 5.41) is 21.5. The van der Waals surface area contributed by atoms with E-state index in [4.69, 9.17) is 4.74 Å². The van der Waals surface area contributed by atoms with E-state index in [1.165, 1.54) is 7.11 Å². The molecule has 2 rings (SSSR count). The minimum Gasteiger partial charge on any atom is -0.495 e. The van der Waals surface area contributed by atoms with Crippen LogP contribution in [-0.2, 0) is 14.4 Å². The quantitative estimate of drug-likeness (QED) is 0.789. The van der Waals surface area contributed by atoms with Gasteiger partial charge >= 0.3 is 0 Å². The average molecular weight is 368 g/mol. The third kappa shape index (κ3) is 3.47. The van der Waals surface area contributed by atoms with Crippen molar-refractivity contribution in [3.05, 3.63) is 24.3 Å². The molecule has 8 heteroatoms. The first-order chi connectivity index (χ1) is 12.8. The number of rotatable bonds is 5. The van der Waals surface area contributed by atoms with E-state index in [-0.39, 0.29) is 0 Å². The number of carbonyl (C=O) groups is 3. The van der Waals surface area contributed by atoms with Crippen LogP contribution in [-0.4, -0.2) is 36.3 Å². The van der Waals surface area contributed by atoms with Crippen LogP contribution in [0.1, 0.15) is 20.3 Å². The Balaban J connectivity index is 2.26. The lowest BCUT2D eigenvalue weighted by Gasteiger charge is -2.43. The summed E-state index contributed by atoms with van der Waals surface area (Å²) in [5.41, 5.74) is -0.707. The molecule has 0 aromatic heterocycles. The molecule has 0 bridgehead atoms. The number of benzene rings is 1. The predicted octanol–water partition coefficient (Wildman–Crippen LogP) is 1.70. The van der Waals surface area contributed by atoms with Crippen LogP contribution >= 0.6 is 0 Å². The van der Waals surface area contributed by atoms with E-state index in [2.05, 4.69) is 5.32 Å². The molecular formula is C19H20N4O4. The minimum absolute atomic E-state index is 0.308. The van der Waals surface area contributed by atoms with Crippen LogP contribution in [0.25, 0.3) is 0 Å². The standard InChI is InChI=1S/C19H20N4O4/c1-4-19(2)12(9-20)17(25)23(18(26)13(19)10-21)11-16(24)22-14-7-5-6-8-15(14)27-3/h5-8,12-13H,4,11H2,1-3H3,(H,22,24). The lowest BCUT2D eigenvalue weighted by molar-refractivity contribution is -0.162. The van der Waals surface area contributed by atoms with Crippen molar-refractivity contribution in [1.29, 1.82) is 10.5 Å². The van der Waals surface area contributed by atoms with E-state index < -0.39 is 41.5 Å². The Kier molecular flexibility index (Phi) is 5.81. The Morgan fingerprint density at radius 2 is 1.78 bits per heavy atom. The molecule has 0 radical (unpaired) electrons. The fraction of sp³-hybridized carbons (Fsp3) is 0.421. The Morgan fingerprint density at radius 3 is 2.26 bits per heavy atom. The molecule has 0 spiro atoms. The van der Waals surface area contributed by atoms with Gasteiger partial charge in [-0.3, -0.25) is 19.3 Å². The molecular weight excluding hydrogens is 348 g/mol. The second-order valence-corrected chi connectivity index (χ2v) is 6.49. The molecule has 1 aromatic rings. The van der Waals surface area contributed by atoms with Crippen molar-refractivity contribution in [3.63, 3.8) is 0 Å². The third-order valence-electron chi connectivity index (χ3n) is 5.05. The van der Waals surface area contributed by atoms with E-state index in [0.29, 0.717) is 22.8 Å². The highest BCUT2D eigenvalue weighted by atomic mass is 16.5. The molecule has 3 amide bonds. The zero-order valence-electron chi connectivity index (χ0n) is 15.4. The molecule has 27 heavy (non-hydrogen) atoms. The number of carbonyl (C=O) groups excluding carboxylic acids is 3. The van der Waals surface area contributed by atoms with Gasteiger partial charge in [0.2, 0.25) is 17.7 Å². The number of piperidine rings is 1. The number of imide groups is 1. The maximum Gasteiger partial charge on any atom is 0.247 e. The number of anilines is 1. The monoisotopic (exact) mass is 368 g/mol. The number of nitrogens with zero attached hydrogens (tertiary/aromatic N) is 3. The summed E-state index contributed by atoms with van der Waals surface area (Å²) in [5.74, 6) is -4.07. The molecule has 1 aliphatic rings. The molecule has 1 fully saturated rings. The summed E-state index contributed by atoms with van der Waals surface area (Å²) >= 11 is 0. The summed E-state index contributed by atoms with van der Waals surface area (Å²) in [7, 11) is 1.45. The zero-order chi connectivity index (χ0) is 20.2. The highest BCUT2D eigenvalue weighted by Gasteiger charge is 2.56. The molecule has 1 heterocycles. The molecule has 1 aliphatic heterocycles. The second-order valence-electron chi connectivity index (χ2n) is 6.49. The van der Waals surface area contributed by atoms with Crippen LogP contribution in [0.2, 0.25) is 0 Å². The predicted molar refractivity (Wildman–Crippen MR) is 94.9 cm³/mol. The molecule has 1 aromatic carbocycles. The number of ether oxygens (including phenoxy) is 1. The lowest BCUT2D eigenvalue weighted by atomic mass is 9.63. The highest BCUT2D eigenvalue weighted by Crippen LogP contribution is 2.44. The first-order valence-corrected chi connectivity index (χ1v) is 8.41. The van der Waals surface area contributed by atoms with Crippen molar-refractivity contribution in [2.45, 2.75) is 20.3 Å². The van der Waals surface area contributed by atoms with Gasteiger partial charge in [0.1, 0.15) is 24.1 Å². The Labute approximate surface area is 157 Å². The number of nitriles is 2. The number of nitrogens with one attached hydrogen (secondary N) is 1. The molecule has 2 atom stereocenters. The maximum absolute atomic E-state index is 12.7. The van der Waals surface area contributed by atoms with Crippen molar-refractivity contribution in [1.82, 2.24) is 4.90 Å². The highest BCUT2D eigenvalue weighted by molar-refractivity contribution is 6.07. The van der Waals surface area contributed by atoms with Gasteiger partial charge < -0.3 is 10.1 Å². The topological polar surface area (TPSA) is 123 Å². The van der Waals surface area contributed by atoms with Gasteiger partial charge in [-0.05, 0) is 18.6 Å². The van der Waals surface area contributed by atoms with E-state index in [1.807, 2.05) is 12.1 Å². The maximum atomic E-state index is 12.7. The van der Waals surface area contributed by atoms with Gasteiger partial charge in [0.05, 0.1) is 24.9 Å². The molecule has 1 saturated heterocycles. The van der Waals surface area contributed by atoms with Crippen LogP contribution in [0, 0.1) is 39.9 Å². The average Bonchev–Trinajstić information content (AvgIpc) is 2.66. The Bertz CT molecular complexity index is 818. The lowest BCUT2D eigenvalue weighted by Crippen LogP contribution is -2.59. The number of likely N-dealkylation sites (tertiary alicyclic amines) is 1. The molecule has 0 saturated carbocycles. The third-order valence-corrected chi connectivity index (χ3v) is 5.05. The summed E-state index contributed by atoms with van der Waals surface area (Å²) in [6.07, 6.45) is 0.308. The largest absolute Gasteiger partial charge is 0.495 e. The van der Waals surface area contributed by atoms with Crippen molar-refractivity contribution in [2.75, 3.05) is 19.0 Å². The Morgan fingerprint density at radius 1 is 1.22 bits per heavy atom. The molecule has 0 aliphatic carbocycles. The zero-order valence-corrected chi connectivity index (χ0v) is 15.4. The summed E-state index contributed by atoms with van der Waals surface area (Å²) < 4.78 is 5.14. The molecule has 1 N–H and O–H groups in total. The van der Waals surface area contributed by atoms with Gasteiger partial charge in [0.15, 0.2) is 0 Å². The first kappa shape index (κ1) is 19.9. The van der Waals surface area contributed by atoms with Crippen LogP contribution < -0.4 is 10.1 Å². The minimum atomic E-state index is -1.18. The van der Waals surface area contributed by atoms with Crippen LogP contribution in [0.4, 0.5) is 5.69 Å². The van der Waals surface area contributed by atoms with Gasteiger partial charge in [-0.15, -0.1) is 0 Å². The molecule has 140 valence electrons. The van der Waals surface area contributed by atoms with Crippen molar-refractivity contribution >= 4 is 23.4 Å². The molecule has 8 nitrogen and oxygen atoms in total. The normalized spacial score (nSPS) is 24.7. The van der Waals surface area contributed by atoms with Gasteiger partial charge in [0.25, 0.3) is 0 Å². The number of methoxy groups -OCH3 is 1. The Hall–Kier alpha value is -3.39. The smallest absolute Gasteiger partial charge is 0.247 e. The van der Waals surface area contributed by atoms with E-state index in [1.54, 1.807) is 38.1 Å². The number of hydrogen-bond donors (Lipinski definition) is 1. The van der Waals surface area contributed by atoms with E-state index in [9.17, 15) is 24.9 Å². The second kappa shape index (κ2) is 7.88. The summed E-state index contributed by atoms with van der Waals surface area (Å²) in [6, 6.07) is 10.5. The fourth-order valence-corrected chi connectivity index (χ4v) is 3.20. The SMILES string of the molecule is CCC1(C)C(C#N)C(=O)N(CC(=O)Nc2ccccc2OC)C(=O)C1C#N. The van der Waals surface area contributed by atoms with E-state index >= 15 is 0 Å². The number of amides is 3. The van der Waals surface area contributed by atoms with Gasteiger partial charge in [0, 0.05) is 5.41 Å². The van der Waals surface area contributed by atoms with Gasteiger partial charge in [-0.25, -0.2) is 0 Å². The van der Waals surface area contributed by atoms with Crippen LogP contribution in [0.3, 0.4) is 0 Å². The summed E-state index contributed by atoms with van der Waals surface area (Å²) in [4.78, 5) is 38.4. The van der Waals surface area contributed by atoms with Crippen LogP contribution in [0.15, 0.2) is 24.3 Å². The van der Waals surface area contributed by atoms with Crippen LogP contribution in [0.5, 0.6) is 5.75 Å². The molecule has 2 unspecified atom stereocenters. The van der Waals surface area contributed by atoms with Gasteiger partial charge in [-0.2, -0.15) is 10.5 Å². The number of para-hydroxylation sites is 2. The van der Waals surface area contributed by atoms with Crippen molar-refractivity contribution < 1.29 is 19.1 Å². The van der Waals surface area contributed by atoms with Crippen molar-refractivity contribution in [3.8, 4) is 17.9 Å². The van der Waals surface area contributed by atoms with E-state index in [0.717, 1.165) is 0 Å². The number of hydrogen-bond acceptors (Lipinski definition) is 6. The first-order valence-electron chi connectivity index (χ1n) is 8.41. The van der Waals surface area contributed by atoms with Crippen molar-refractivity contribution in [2.24, 2.45) is 17.3 Å². The summed E-state index contributed by atoms with van der Waals surface area (Å²) in [6.45, 7) is 2.72. The fourth-order valence-electron chi connectivity index (χ4n) is 3.20. The van der Waals surface area contributed by atoms with Gasteiger partial charge in [-0.1, -0.05) is 26.0 Å².